The van der Waals surface area contributed by atoms with E-state index in [0.29, 0.717) is 0 Å². The Hall–Kier alpha value is -0.320. The summed E-state index contributed by atoms with van der Waals surface area (Å²) in [6.07, 6.45) is 1.64. The average Bonchev–Trinajstić information content (AvgIpc) is 2.14. The van der Waals surface area contributed by atoms with Crippen molar-refractivity contribution in [2.45, 2.75) is 25.5 Å². The second-order valence-electron chi connectivity index (χ2n) is 4.12. The van der Waals surface area contributed by atoms with Crippen LogP contribution in [0.3, 0.4) is 0 Å². The maximum absolute atomic E-state index is 11.6. The summed E-state index contributed by atoms with van der Waals surface area (Å²) < 4.78 is 16.3. The molecule has 0 saturated heterocycles. The van der Waals surface area contributed by atoms with E-state index >= 15 is 0 Å². The lowest BCUT2D eigenvalue weighted by Gasteiger charge is -2.17. The van der Waals surface area contributed by atoms with E-state index in [4.69, 9.17) is 0 Å². The highest BCUT2D eigenvalue weighted by Gasteiger charge is 2.25. The summed E-state index contributed by atoms with van der Waals surface area (Å²) in [6.45, 7) is 5.71. The largest absolute Gasteiger partial charge is 0.591 e. The van der Waals surface area contributed by atoms with Crippen molar-refractivity contribution >= 4 is 33.5 Å². The second-order valence-corrected chi connectivity index (χ2v) is 6.91. The van der Waals surface area contributed by atoms with E-state index in [0.717, 1.165) is 10.0 Å². The lowest BCUT2D eigenvalue weighted by atomic mass is 10.2. The van der Waals surface area contributed by atoms with Gasteiger partial charge in [-0.2, -0.15) is 0 Å². The molecule has 1 aromatic rings. The molecule has 82 valence electrons. The van der Waals surface area contributed by atoms with Crippen molar-refractivity contribution in [1.82, 2.24) is 0 Å². The SMILES string of the molecule is CC(C)(C)[S+]([O-])/N=C/c1ccccc1Br. The van der Waals surface area contributed by atoms with Gasteiger partial charge < -0.3 is 4.55 Å². The van der Waals surface area contributed by atoms with Crippen LogP contribution in [0, 0.1) is 0 Å². The first-order chi connectivity index (χ1) is 6.91. The van der Waals surface area contributed by atoms with Crippen LogP contribution in [0.1, 0.15) is 26.3 Å². The Balaban J connectivity index is 2.79. The molecule has 0 fully saturated rings. The number of hydrogen-bond donors (Lipinski definition) is 0. The molecule has 1 rings (SSSR count). The standard InChI is InChI=1S/C11H14BrNOS/c1-11(2,3)15(14)13-8-9-6-4-5-7-10(9)12/h4-8H,1-3H3/b13-8+. The van der Waals surface area contributed by atoms with Crippen LogP contribution < -0.4 is 0 Å². The zero-order valence-electron chi connectivity index (χ0n) is 9.03. The Morgan fingerprint density at radius 3 is 2.47 bits per heavy atom. The van der Waals surface area contributed by atoms with Crippen LogP contribution in [-0.4, -0.2) is 15.5 Å². The first-order valence-corrected chi connectivity index (χ1v) is 6.52. The molecule has 0 aromatic heterocycles. The van der Waals surface area contributed by atoms with E-state index < -0.39 is 11.4 Å². The number of rotatable bonds is 2. The van der Waals surface area contributed by atoms with Crippen molar-refractivity contribution in [1.29, 1.82) is 0 Å². The molecule has 2 nitrogen and oxygen atoms in total. The molecule has 0 saturated carbocycles. The van der Waals surface area contributed by atoms with Gasteiger partial charge in [-0.15, -0.1) is 0 Å². The van der Waals surface area contributed by atoms with Crippen LogP contribution >= 0.6 is 15.9 Å². The summed E-state index contributed by atoms with van der Waals surface area (Å²) in [5.74, 6) is 0. The minimum atomic E-state index is -1.20. The highest BCUT2D eigenvalue weighted by Crippen LogP contribution is 2.18. The van der Waals surface area contributed by atoms with Gasteiger partial charge >= 0.3 is 0 Å². The molecule has 0 spiro atoms. The van der Waals surface area contributed by atoms with E-state index in [1.54, 1.807) is 6.21 Å². The molecule has 0 heterocycles. The lowest BCUT2D eigenvalue weighted by molar-refractivity contribution is 0.562. The smallest absolute Gasteiger partial charge is 0.144 e. The summed E-state index contributed by atoms with van der Waals surface area (Å²) in [4.78, 5) is 0. The fourth-order valence-corrected chi connectivity index (χ4v) is 1.76. The van der Waals surface area contributed by atoms with Crippen LogP contribution in [0.5, 0.6) is 0 Å². The normalized spacial score (nSPS) is 14.5. The molecule has 0 aliphatic heterocycles. The minimum absolute atomic E-state index is 0.308. The van der Waals surface area contributed by atoms with Crippen LogP contribution in [0.25, 0.3) is 0 Å². The summed E-state index contributed by atoms with van der Waals surface area (Å²) in [5, 5.41) is 0. The van der Waals surface area contributed by atoms with Gasteiger partial charge in [0.25, 0.3) is 0 Å². The summed E-state index contributed by atoms with van der Waals surface area (Å²) in [6, 6.07) is 7.71. The highest BCUT2D eigenvalue weighted by molar-refractivity contribution is 9.10. The van der Waals surface area contributed by atoms with E-state index in [9.17, 15) is 4.55 Å². The Labute approximate surface area is 102 Å². The van der Waals surface area contributed by atoms with Crippen molar-refractivity contribution in [3.63, 3.8) is 0 Å². The van der Waals surface area contributed by atoms with Crippen molar-refractivity contribution in [3.05, 3.63) is 34.3 Å². The lowest BCUT2D eigenvalue weighted by Crippen LogP contribution is -2.25. The van der Waals surface area contributed by atoms with E-state index in [2.05, 4.69) is 20.3 Å². The zero-order chi connectivity index (χ0) is 11.5. The third-order valence-electron chi connectivity index (χ3n) is 1.72. The van der Waals surface area contributed by atoms with Crippen molar-refractivity contribution in [3.8, 4) is 0 Å². The molecule has 1 aromatic carbocycles. The predicted octanol–water partition coefficient (Wildman–Crippen LogP) is 3.33. The number of benzene rings is 1. The average molecular weight is 288 g/mol. The van der Waals surface area contributed by atoms with E-state index in [-0.39, 0.29) is 4.75 Å². The van der Waals surface area contributed by atoms with Crippen molar-refractivity contribution < 1.29 is 4.55 Å². The van der Waals surface area contributed by atoms with Crippen molar-refractivity contribution in [2.24, 2.45) is 4.40 Å². The first-order valence-electron chi connectivity index (χ1n) is 4.62. The van der Waals surface area contributed by atoms with Gasteiger partial charge in [-0.3, -0.25) is 0 Å². The summed E-state index contributed by atoms with van der Waals surface area (Å²) >= 11 is 2.21. The monoisotopic (exact) mass is 287 g/mol. The Kier molecular flexibility index (Phi) is 4.37. The molecule has 0 amide bonds. The zero-order valence-corrected chi connectivity index (χ0v) is 11.4. The fourth-order valence-electron chi connectivity index (χ4n) is 0.843. The minimum Gasteiger partial charge on any atom is -0.591 e. The number of nitrogens with zero attached hydrogens (tertiary/aromatic N) is 1. The molecule has 1 unspecified atom stereocenters. The molecule has 0 aliphatic rings. The Morgan fingerprint density at radius 1 is 1.33 bits per heavy atom. The molecular formula is C11H14BrNOS. The van der Waals surface area contributed by atoms with Gasteiger partial charge in [0.15, 0.2) is 0 Å². The highest BCUT2D eigenvalue weighted by atomic mass is 79.9. The Morgan fingerprint density at radius 2 is 1.93 bits per heavy atom. The van der Waals surface area contributed by atoms with Crippen LogP contribution in [0.2, 0.25) is 0 Å². The maximum Gasteiger partial charge on any atom is 0.144 e. The molecule has 4 heteroatoms. The molecule has 15 heavy (non-hydrogen) atoms. The van der Waals surface area contributed by atoms with Crippen LogP contribution in [-0.2, 0) is 11.4 Å². The van der Waals surface area contributed by atoms with Gasteiger partial charge in [0, 0.05) is 10.0 Å². The van der Waals surface area contributed by atoms with Crippen molar-refractivity contribution in [2.75, 3.05) is 0 Å². The van der Waals surface area contributed by atoms with Gasteiger partial charge in [0.2, 0.25) is 0 Å². The van der Waals surface area contributed by atoms with Gasteiger partial charge in [-0.05, 0) is 26.8 Å². The molecule has 0 radical (unpaired) electrons. The summed E-state index contributed by atoms with van der Waals surface area (Å²) in [5.41, 5.74) is 0.940. The van der Waals surface area contributed by atoms with Crippen LogP contribution in [0.4, 0.5) is 0 Å². The van der Waals surface area contributed by atoms with E-state index in [1.807, 2.05) is 45.0 Å². The molecule has 0 N–H and O–H groups in total. The maximum atomic E-state index is 11.6. The van der Waals surface area contributed by atoms with Gasteiger partial charge in [-0.25, -0.2) is 0 Å². The molecule has 1 atom stereocenters. The topological polar surface area (TPSA) is 35.4 Å². The second kappa shape index (κ2) is 5.14. The Bertz CT molecular complexity index is 360. The first kappa shape index (κ1) is 12.7. The molecule has 0 aliphatic carbocycles. The fraction of sp³-hybridized carbons (Fsp3) is 0.364. The molecular weight excluding hydrogens is 274 g/mol. The summed E-state index contributed by atoms with van der Waals surface area (Å²) in [7, 11) is 0. The van der Waals surface area contributed by atoms with Gasteiger partial charge in [0.1, 0.15) is 16.1 Å². The van der Waals surface area contributed by atoms with Gasteiger partial charge in [-0.1, -0.05) is 38.5 Å². The molecule has 0 bridgehead atoms. The quantitative estimate of drug-likeness (QED) is 0.607. The third-order valence-corrected chi connectivity index (χ3v) is 3.78. The third kappa shape index (κ3) is 3.97. The number of hydrogen-bond acceptors (Lipinski definition) is 2. The van der Waals surface area contributed by atoms with Crippen LogP contribution in [0.15, 0.2) is 33.1 Å². The van der Waals surface area contributed by atoms with E-state index in [1.165, 1.54) is 0 Å². The predicted molar refractivity (Wildman–Crippen MR) is 69.6 cm³/mol. The number of halogens is 1. The van der Waals surface area contributed by atoms with Gasteiger partial charge in [0.05, 0.1) is 6.21 Å².